The summed E-state index contributed by atoms with van der Waals surface area (Å²) in [5, 5.41) is 0. The van der Waals surface area contributed by atoms with E-state index in [9.17, 15) is 4.79 Å². The molecule has 4 rings (SSSR count). The minimum Gasteiger partial charge on any atom is -0.480 e. The number of carbonyl (C=O) groups excluding carboxylic acids is 1. The molecule has 2 fully saturated rings. The van der Waals surface area contributed by atoms with Gasteiger partial charge in [0.25, 0.3) is 5.91 Å². The molecule has 2 aromatic rings. The summed E-state index contributed by atoms with van der Waals surface area (Å²) < 4.78 is 17.2. The molecule has 4 heterocycles. The van der Waals surface area contributed by atoms with Crippen LogP contribution in [0.1, 0.15) is 23.2 Å². The number of amides is 1. The third-order valence-electron chi connectivity index (χ3n) is 4.81. The number of pyridine rings is 2. The van der Waals surface area contributed by atoms with Crippen molar-refractivity contribution in [3.8, 4) is 11.8 Å². The summed E-state index contributed by atoms with van der Waals surface area (Å²) in [6, 6.07) is 9.09. The zero-order valence-electron chi connectivity index (χ0n) is 14.6. The predicted octanol–water partition coefficient (Wildman–Crippen LogP) is 1.94. The first-order valence-electron chi connectivity index (χ1n) is 8.69. The Bertz CT molecular complexity index is 777. The van der Waals surface area contributed by atoms with E-state index in [1.54, 1.807) is 29.4 Å². The quantitative estimate of drug-likeness (QED) is 0.834. The van der Waals surface area contributed by atoms with E-state index >= 15 is 0 Å². The molecule has 2 aliphatic heterocycles. The number of aromatic nitrogens is 2. The minimum atomic E-state index is -0.331. The van der Waals surface area contributed by atoms with E-state index in [1.807, 2.05) is 18.2 Å². The zero-order chi connectivity index (χ0) is 18.0. The van der Waals surface area contributed by atoms with E-state index < -0.39 is 0 Å². The molecule has 7 heteroatoms. The van der Waals surface area contributed by atoms with Crippen molar-refractivity contribution in [3.05, 3.63) is 48.3 Å². The molecule has 7 nitrogen and oxygen atoms in total. The van der Waals surface area contributed by atoms with Gasteiger partial charge in [-0.15, -0.1) is 0 Å². The maximum atomic E-state index is 12.7. The average molecular weight is 355 g/mol. The van der Waals surface area contributed by atoms with Crippen LogP contribution >= 0.6 is 0 Å². The standard InChI is InChI=1S/C19H21N3O4/c1-24-17-15(5-4-9-21-17)18(23)22-12-19(13-22)11-14(7-10-25-19)26-16-6-2-3-8-20-16/h2-6,8-9,14H,7,10-13H2,1H3. The van der Waals surface area contributed by atoms with Crippen molar-refractivity contribution in [1.82, 2.24) is 14.9 Å². The van der Waals surface area contributed by atoms with Crippen LogP contribution in [-0.2, 0) is 4.74 Å². The maximum absolute atomic E-state index is 12.7. The van der Waals surface area contributed by atoms with E-state index in [0.717, 1.165) is 12.8 Å². The minimum absolute atomic E-state index is 0.0452. The number of rotatable bonds is 4. The lowest BCUT2D eigenvalue weighted by atomic mass is 9.84. The SMILES string of the molecule is COc1ncccc1C(=O)N1CC2(CC(Oc3ccccn3)CCO2)C1. The summed E-state index contributed by atoms with van der Waals surface area (Å²) in [6.45, 7) is 1.72. The Morgan fingerprint density at radius 2 is 2.08 bits per heavy atom. The Kier molecular flexibility index (Phi) is 4.46. The van der Waals surface area contributed by atoms with E-state index in [2.05, 4.69) is 9.97 Å². The molecule has 2 aromatic heterocycles. The summed E-state index contributed by atoms with van der Waals surface area (Å²) in [5.41, 5.74) is 0.143. The Morgan fingerprint density at radius 1 is 1.23 bits per heavy atom. The molecule has 1 atom stereocenters. The van der Waals surface area contributed by atoms with Crippen molar-refractivity contribution in [3.63, 3.8) is 0 Å². The van der Waals surface area contributed by atoms with Gasteiger partial charge in [-0.05, 0) is 18.2 Å². The summed E-state index contributed by atoms with van der Waals surface area (Å²) in [6.07, 6.45) is 4.94. The fourth-order valence-electron chi connectivity index (χ4n) is 3.57. The van der Waals surface area contributed by atoms with Crippen molar-refractivity contribution >= 4 is 5.91 Å². The molecule has 136 valence electrons. The van der Waals surface area contributed by atoms with Crippen LogP contribution in [0.2, 0.25) is 0 Å². The van der Waals surface area contributed by atoms with Crippen LogP contribution in [0.4, 0.5) is 0 Å². The number of hydrogen-bond acceptors (Lipinski definition) is 6. The number of likely N-dealkylation sites (tertiary alicyclic amines) is 1. The Balaban J connectivity index is 1.39. The second-order valence-electron chi connectivity index (χ2n) is 6.65. The van der Waals surface area contributed by atoms with Crippen LogP contribution in [0.3, 0.4) is 0 Å². The summed E-state index contributed by atoms with van der Waals surface area (Å²) in [7, 11) is 1.51. The zero-order valence-corrected chi connectivity index (χ0v) is 14.6. The molecule has 0 aromatic carbocycles. The summed E-state index contributed by atoms with van der Waals surface area (Å²) in [4.78, 5) is 22.8. The van der Waals surface area contributed by atoms with Crippen LogP contribution in [0.25, 0.3) is 0 Å². The van der Waals surface area contributed by atoms with Crippen LogP contribution in [-0.4, -0.2) is 59.3 Å². The van der Waals surface area contributed by atoms with E-state index in [-0.39, 0.29) is 17.6 Å². The first-order chi connectivity index (χ1) is 12.7. The Hall–Kier alpha value is -2.67. The van der Waals surface area contributed by atoms with E-state index in [0.29, 0.717) is 37.0 Å². The molecule has 1 unspecified atom stereocenters. The molecule has 26 heavy (non-hydrogen) atoms. The third kappa shape index (κ3) is 3.22. The lowest BCUT2D eigenvalue weighted by Gasteiger charge is -2.52. The van der Waals surface area contributed by atoms with E-state index in [4.69, 9.17) is 14.2 Å². The highest BCUT2D eigenvalue weighted by Crippen LogP contribution is 2.36. The molecular weight excluding hydrogens is 334 g/mol. The van der Waals surface area contributed by atoms with Gasteiger partial charge in [-0.2, -0.15) is 0 Å². The van der Waals surface area contributed by atoms with Gasteiger partial charge in [-0.25, -0.2) is 9.97 Å². The highest BCUT2D eigenvalue weighted by Gasteiger charge is 2.50. The van der Waals surface area contributed by atoms with Gasteiger partial charge >= 0.3 is 0 Å². The fraction of sp³-hybridized carbons (Fsp3) is 0.421. The Morgan fingerprint density at radius 3 is 2.85 bits per heavy atom. The number of nitrogens with zero attached hydrogens (tertiary/aromatic N) is 3. The summed E-state index contributed by atoms with van der Waals surface area (Å²) >= 11 is 0. The first-order valence-corrected chi connectivity index (χ1v) is 8.69. The topological polar surface area (TPSA) is 73.8 Å². The van der Waals surface area contributed by atoms with Crippen molar-refractivity contribution in [2.75, 3.05) is 26.8 Å². The Labute approximate surface area is 151 Å². The number of methoxy groups -OCH3 is 1. The van der Waals surface area contributed by atoms with Crippen LogP contribution in [0.5, 0.6) is 11.8 Å². The number of ether oxygens (including phenoxy) is 3. The molecule has 0 aliphatic carbocycles. The maximum Gasteiger partial charge on any atom is 0.259 e. The number of hydrogen-bond donors (Lipinski definition) is 0. The summed E-state index contributed by atoms with van der Waals surface area (Å²) in [5.74, 6) is 0.887. The molecule has 2 saturated heterocycles. The first kappa shape index (κ1) is 16.8. The predicted molar refractivity (Wildman–Crippen MR) is 93.3 cm³/mol. The molecular formula is C19H21N3O4. The molecule has 0 radical (unpaired) electrons. The van der Waals surface area contributed by atoms with Crippen molar-refractivity contribution in [2.45, 2.75) is 24.5 Å². The van der Waals surface area contributed by atoms with Gasteiger partial charge in [-0.1, -0.05) is 6.07 Å². The third-order valence-corrected chi connectivity index (χ3v) is 4.81. The number of carbonyl (C=O) groups is 1. The van der Waals surface area contributed by atoms with E-state index in [1.165, 1.54) is 7.11 Å². The normalized spacial score (nSPS) is 21.1. The molecule has 2 aliphatic rings. The van der Waals surface area contributed by atoms with Gasteiger partial charge in [0.05, 0.1) is 26.8 Å². The highest BCUT2D eigenvalue weighted by atomic mass is 16.5. The van der Waals surface area contributed by atoms with Crippen molar-refractivity contribution < 1.29 is 19.0 Å². The second kappa shape index (κ2) is 6.92. The van der Waals surface area contributed by atoms with Gasteiger partial charge in [-0.3, -0.25) is 4.79 Å². The molecule has 0 bridgehead atoms. The van der Waals surface area contributed by atoms with Gasteiger partial charge in [0.2, 0.25) is 11.8 Å². The smallest absolute Gasteiger partial charge is 0.259 e. The average Bonchev–Trinajstić information content (AvgIpc) is 2.66. The van der Waals surface area contributed by atoms with Gasteiger partial charge < -0.3 is 19.1 Å². The molecule has 0 saturated carbocycles. The van der Waals surface area contributed by atoms with Gasteiger partial charge in [0.1, 0.15) is 17.3 Å². The lowest BCUT2D eigenvalue weighted by Crippen LogP contribution is -2.67. The molecule has 1 spiro atoms. The van der Waals surface area contributed by atoms with Crippen molar-refractivity contribution in [2.24, 2.45) is 0 Å². The molecule has 0 N–H and O–H groups in total. The van der Waals surface area contributed by atoms with Gasteiger partial charge in [0, 0.05) is 31.3 Å². The van der Waals surface area contributed by atoms with Gasteiger partial charge in [0.15, 0.2) is 0 Å². The fourth-order valence-corrected chi connectivity index (χ4v) is 3.57. The monoisotopic (exact) mass is 355 g/mol. The second-order valence-corrected chi connectivity index (χ2v) is 6.65. The largest absolute Gasteiger partial charge is 0.480 e. The van der Waals surface area contributed by atoms with Crippen molar-refractivity contribution in [1.29, 1.82) is 0 Å². The highest BCUT2D eigenvalue weighted by molar-refractivity contribution is 5.97. The van der Waals surface area contributed by atoms with Crippen LogP contribution in [0.15, 0.2) is 42.7 Å². The molecule has 1 amide bonds. The lowest BCUT2D eigenvalue weighted by molar-refractivity contribution is -0.174. The van der Waals surface area contributed by atoms with Crippen LogP contribution < -0.4 is 9.47 Å². The van der Waals surface area contributed by atoms with Crippen LogP contribution in [0, 0.1) is 0 Å².